The van der Waals surface area contributed by atoms with E-state index in [4.69, 9.17) is 0 Å². The average Bonchev–Trinajstić information content (AvgIpc) is 3.21. The zero-order valence-corrected chi connectivity index (χ0v) is 12.2. The Morgan fingerprint density at radius 3 is 2.95 bits per heavy atom. The van der Waals surface area contributed by atoms with Crippen LogP contribution in [0.1, 0.15) is 37.4 Å². The second-order valence-corrected chi connectivity index (χ2v) is 5.34. The maximum Gasteiger partial charge on any atom is 0.0448 e. The van der Waals surface area contributed by atoms with E-state index in [-0.39, 0.29) is 0 Å². The highest BCUT2D eigenvalue weighted by atomic mass is 15.1. The van der Waals surface area contributed by atoms with E-state index in [0.717, 1.165) is 37.8 Å². The highest BCUT2D eigenvalue weighted by Gasteiger charge is 2.21. The van der Waals surface area contributed by atoms with Gasteiger partial charge in [0.15, 0.2) is 0 Å². The van der Waals surface area contributed by atoms with Gasteiger partial charge in [-0.3, -0.25) is 4.98 Å². The molecule has 0 amide bonds. The van der Waals surface area contributed by atoms with Gasteiger partial charge in [-0.15, -0.1) is 6.58 Å². The number of hydrogen-bond acceptors (Lipinski definition) is 3. The monoisotopic (exact) mass is 259 g/mol. The molecule has 0 aromatic carbocycles. The molecule has 3 heteroatoms. The van der Waals surface area contributed by atoms with Gasteiger partial charge in [0.25, 0.3) is 0 Å². The fourth-order valence-corrected chi connectivity index (χ4v) is 2.28. The number of nitrogens with one attached hydrogen (secondary N) is 1. The molecule has 0 radical (unpaired) electrons. The van der Waals surface area contributed by atoms with Gasteiger partial charge in [0.1, 0.15) is 0 Å². The summed E-state index contributed by atoms with van der Waals surface area (Å²) >= 11 is 0. The predicted molar refractivity (Wildman–Crippen MR) is 81.5 cm³/mol. The Balaban J connectivity index is 2.17. The molecule has 1 aliphatic carbocycles. The fourth-order valence-electron chi connectivity index (χ4n) is 2.28. The van der Waals surface area contributed by atoms with Gasteiger partial charge in [0.2, 0.25) is 0 Å². The largest absolute Gasteiger partial charge is 0.367 e. The number of rotatable bonds is 8. The normalized spacial score (nSPS) is 14.4. The molecule has 104 valence electrons. The summed E-state index contributed by atoms with van der Waals surface area (Å²) < 4.78 is 0. The molecule has 1 N–H and O–H groups in total. The summed E-state index contributed by atoms with van der Waals surface area (Å²) in [5.41, 5.74) is 3.69. The molecule has 1 aromatic heterocycles. The first-order valence-electron chi connectivity index (χ1n) is 7.29. The standard InChI is InChI=1S/C16H25N3/c1-4-8-19(9-5-2)16-10-13(3)17-11-14(16)12-18-15-6-7-15/h4,10-11,15,18H,1,5-9,12H2,2-3H3. The van der Waals surface area contributed by atoms with Gasteiger partial charge >= 0.3 is 0 Å². The van der Waals surface area contributed by atoms with Crippen LogP contribution < -0.4 is 10.2 Å². The van der Waals surface area contributed by atoms with Gasteiger partial charge in [0.05, 0.1) is 0 Å². The van der Waals surface area contributed by atoms with E-state index in [1.54, 1.807) is 0 Å². The van der Waals surface area contributed by atoms with Gasteiger partial charge < -0.3 is 10.2 Å². The van der Waals surface area contributed by atoms with Crippen molar-refractivity contribution < 1.29 is 0 Å². The molecule has 0 bridgehead atoms. The lowest BCUT2D eigenvalue weighted by molar-refractivity contribution is 0.681. The van der Waals surface area contributed by atoms with Crippen molar-refractivity contribution in [2.24, 2.45) is 0 Å². The third-order valence-electron chi connectivity index (χ3n) is 3.44. The fraction of sp³-hybridized carbons (Fsp3) is 0.562. The zero-order chi connectivity index (χ0) is 13.7. The Bertz CT molecular complexity index is 424. The van der Waals surface area contributed by atoms with E-state index < -0.39 is 0 Å². The summed E-state index contributed by atoms with van der Waals surface area (Å²) in [6.07, 6.45) is 7.78. The minimum Gasteiger partial charge on any atom is -0.367 e. The molecule has 19 heavy (non-hydrogen) atoms. The molecule has 0 aliphatic heterocycles. The summed E-state index contributed by atoms with van der Waals surface area (Å²) in [4.78, 5) is 6.84. The molecule has 0 saturated heterocycles. The lowest BCUT2D eigenvalue weighted by Crippen LogP contribution is -2.27. The number of hydrogen-bond donors (Lipinski definition) is 1. The van der Waals surface area contributed by atoms with Gasteiger partial charge in [-0.1, -0.05) is 13.0 Å². The molecule has 1 aromatic rings. The topological polar surface area (TPSA) is 28.2 Å². The summed E-state index contributed by atoms with van der Waals surface area (Å²) in [6.45, 7) is 11.0. The van der Waals surface area contributed by atoms with Gasteiger partial charge in [0, 0.05) is 48.8 Å². The van der Waals surface area contributed by atoms with Crippen molar-refractivity contribution >= 4 is 5.69 Å². The minimum atomic E-state index is 0.730. The van der Waals surface area contributed by atoms with Crippen LogP contribution in [0.15, 0.2) is 24.9 Å². The number of aryl methyl sites for hydroxylation is 1. The van der Waals surface area contributed by atoms with E-state index in [1.165, 1.54) is 24.1 Å². The van der Waals surface area contributed by atoms with Gasteiger partial charge in [-0.05, 0) is 32.3 Å². The first-order chi connectivity index (χ1) is 9.24. The number of pyridine rings is 1. The number of aromatic nitrogens is 1. The molecule has 0 unspecified atom stereocenters. The van der Waals surface area contributed by atoms with Crippen molar-refractivity contribution in [2.45, 2.75) is 45.7 Å². The molecular formula is C16H25N3. The summed E-state index contributed by atoms with van der Waals surface area (Å²) in [5.74, 6) is 0. The van der Waals surface area contributed by atoms with Crippen molar-refractivity contribution in [1.82, 2.24) is 10.3 Å². The molecule has 1 saturated carbocycles. The van der Waals surface area contributed by atoms with Crippen LogP contribution in [0.25, 0.3) is 0 Å². The highest BCUT2D eigenvalue weighted by molar-refractivity contribution is 5.54. The third-order valence-corrected chi connectivity index (χ3v) is 3.44. The Hall–Kier alpha value is -1.35. The molecule has 0 spiro atoms. The van der Waals surface area contributed by atoms with Crippen LogP contribution in [-0.4, -0.2) is 24.1 Å². The van der Waals surface area contributed by atoms with Crippen LogP contribution in [0.3, 0.4) is 0 Å². The maximum absolute atomic E-state index is 4.45. The zero-order valence-electron chi connectivity index (χ0n) is 12.2. The minimum absolute atomic E-state index is 0.730. The van der Waals surface area contributed by atoms with E-state index in [1.807, 2.05) is 12.3 Å². The third kappa shape index (κ3) is 4.06. The molecule has 3 nitrogen and oxygen atoms in total. The second kappa shape index (κ2) is 6.71. The molecule has 2 rings (SSSR count). The Labute approximate surface area is 116 Å². The summed E-state index contributed by atoms with van der Waals surface area (Å²) in [7, 11) is 0. The van der Waals surface area contributed by atoms with E-state index in [2.05, 4.69) is 41.7 Å². The van der Waals surface area contributed by atoms with Crippen LogP contribution >= 0.6 is 0 Å². The van der Waals surface area contributed by atoms with E-state index in [9.17, 15) is 0 Å². The van der Waals surface area contributed by atoms with Crippen LogP contribution in [0.5, 0.6) is 0 Å². The molecule has 1 fully saturated rings. The first-order valence-corrected chi connectivity index (χ1v) is 7.29. The van der Waals surface area contributed by atoms with Crippen molar-refractivity contribution in [1.29, 1.82) is 0 Å². The van der Waals surface area contributed by atoms with Crippen LogP contribution in [0, 0.1) is 6.92 Å². The molecule has 0 atom stereocenters. The molecule has 1 aliphatic rings. The van der Waals surface area contributed by atoms with Gasteiger partial charge in [-0.2, -0.15) is 0 Å². The van der Waals surface area contributed by atoms with Gasteiger partial charge in [-0.25, -0.2) is 0 Å². The average molecular weight is 259 g/mol. The quantitative estimate of drug-likeness (QED) is 0.727. The number of anilines is 1. The van der Waals surface area contributed by atoms with E-state index >= 15 is 0 Å². The Morgan fingerprint density at radius 1 is 1.53 bits per heavy atom. The van der Waals surface area contributed by atoms with Crippen LogP contribution in [0.4, 0.5) is 5.69 Å². The van der Waals surface area contributed by atoms with Crippen molar-refractivity contribution in [2.75, 3.05) is 18.0 Å². The lowest BCUT2D eigenvalue weighted by atomic mass is 10.1. The maximum atomic E-state index is 4.45. The van der Waals surface area contributed by atoms with Crippen LogP contribution in [-0.2, 0) is 6.54 Å². The summed E-state index contributed by atoms with van der Waals surface area (Å²) in [6, 6.07) is 2.93. The summed E-state index contributed by atoms with van der Waals surface area (Å²) in [5, 5.41) is 3.58. The Kier molecular flexibility index (Phi) is 4.97. The van der Waals surface area contributed by atoms with Crippen molar-refractivity contribution in [3.63, 3.8) is 0 Å². The van der Waals surface area contributed by atoms with Crippen molar-refractivity contribution in [3.05, 3.63) is 36.2 Å². The smallest absolute Gasteiger partial charge is 0.0448 e. The van der Waals surface area contributed by atoms with E-state index in [0.29, 0.717) is 0 Å². The molecule has 1 heterocycles. The van der Waals surface area contributed by atoms with Crippen molar-refractivity contribution in [3.8, 4) is 0 Å². The predicted octanol–water partition coefficient (Wildman–Crippen LogP) is 3.04. The molecular weight excluding hydrogens is 234 g/mol. The first kappa shape index (κ1) is 14.1. The SMILES string of the molecule is C=CCN(CCC)c1cc(C)ncc1CNC1CC1. The lowest BCUT2D eigenvalue weighted by Gasteiger charge is -2.26. The number of nitrogens with zero attached hydrogens (tertiary/aromatic N) is 2. The Morgan fingerprint density at radius 2 is 2.32 bits per heavy atom. The highest BCUT2D eigenvalue weighted by Crippen LogP contribution is 2.24. The van der Waals surface area contributed by atoms with Crippen LogP contribution in [0.2, 0.25) is 0 Å². The second-order valence-electron chi connectivity index (χ2n) is 5.34.